The molecule has 0 aliphatic carbocycles. The van der Waals surface area contributed by atoms with Crippen LogP contribution >= 0.6 is 0 Å². The summed E-state index contributed by atoms with van der Waals surface area (Å²) in [5.74, 6) is 0. The SMILES string of the molecule is CCCCCC(NC)C1CN(CCC)CCO1. The molecule has 1 aliphatic heterocycles. The highest BCUT2D eigenvalue weighted by atomic mass is 16.5. The van der Waals surface area contributed by atoms with Gasteiger partial charge in [-0.3, -0.25) is 4.90 Å². The van der Waals surface area contributed by atoms with Crippen LogP contribution in [-0.4, -0.2) is 50.3 Å². The summed E-state index contributed by atoms with van der Waals surface area (Å²) in [5, 5.41) is 3.44. The second-order valence-electron chi connectivity index (χ2n) is 5.10. The minimum atomic E-state index is 0.386. The molecule has 1 aliphatic rings. The third kappa shape index (κ3) is 5.36. The Bertz CT molecular complexity index is 185. The molecule has 0 amide bonds. The summed E-state index contributed by atoms with van der Waals surface area (Å²) in [6.45, 7) is 8.83. The summed E-state index contributed by atoms with van der Waals surface area (Å²) >= 11 is 0. The summed E-state index contributed by atoms with van der Waals surface area (Å²) < 4.78 is 5.93. The van der Waals surface area contributed by atoms with Crippen LogP contribution in [-0.2, 0) is 4.74 Å². The molecule has 0 saturated carbocycles. The smallest absolute Gasteiger partial charge is 0.0855 e. The molecule has 0 bridgehead atoms. The van der Waals surface area contributed by atoms with Crippen LogP contribution in [0.1, 0.15) is 46.0 Å². The standard InChI is InChI=1S/C14H30N2O/c1-4-6-7-8-13(15-3)14-12-16(9-5-2)10-11-17-14/h13-15H,4-12H2,1-3H3. The first-order valence-corrected chi connectivity index (χ1v) is 7.33. The van der Waals surface area contributed by atoms with Crippen LogP contribution in [0.15, 0.2) is 0 Å². The van der Waals surface area contributed by atoms with Gasteiger partial charge in [0.1, 0.15) is 0 Å². The zero-order valence-corrected chi connectivity index (χ0v) is 11.9. The maximum absolute atomic E-state index is 5.93. The fourth-order valence-electron chi connectivity index (χ4n) is 2.62. The van der Waals surface area contributed by atoms with Crippen LogP contribution < -0.4 is 5.32 Å². The predicted octanol–water partition coefficient (Wildman–Crippen LogP) is 2.27. The third-order valence-electron chi connectivity index (χ3n) is 3.66. The molecule has 2 atom stereocenters. The van der Waals surface area contributed by atoms with E-state index in [2.05, 4.69) is 31.1 Å². The number of ether oxygens (including phenoxy) is 1. The maximum Gasteiger partial charge on any atom is 0.0855 e. The van der Waals surface area contributed by atoms with E-state index in [9.17, 15) is 0 Å². The first-order chi connectivity index (χ1) is 8.31. The van der Waals surface area contributed by atoms with Gasteiger partial charge in [-0.15, -0.1) is 0 Å². The highest BCUT2D eigenvalue weighted by Gasteiger charge is 2.26. The highest BCUT2D eigenvalue weighted by Crippen LogP contribution is 2.14. The number of rotatable bonds is 8. The number of likely N-dealkylation sites (N-methyl/N-ethyl adjacent to an activating group) is 1. The Morgan fingerprint density at radius 2 is 2.12 bits per heavy atom. The molecular weight excluding hydrogens is 212 g/mol. The van der Waals surface area contributed by atoms with Crippen molar-refractivity contribution in [2.75, 3.05) is 33.3 Å². The van der Waals surface area contributed by atoms with Crippen molar-refractivity contribution in [2.24, 2.45) is 0 Å². The Balaban J connectivity index is 2.33. The van der Waals surface area contributed by atoms with Crippen molar-refractivity contribution >= 4 is 0 Å². The molecule has 0 aromatic heterocycles. The van der Waals surface area contributed by atoms with Gasteiger partial charge in [0.05, 0.1) is 12.7 Å². The number of morpholine rings is 1. The van der Waals surface area contributed by atoms with Crippen molar-refractivity contribution < 1.29 is 4.74 Å². The molecule has 1 heterocycles. The lowest BCUT2D eigenvalue weighted by atomic mass is 10.0. The van der Waals surface area contributed by atoms with Gasteiger partial charge in [-0.1, -0.05) is 33.1 Å². The number of hydrogen-bond acceptors (Lipinski definition) is 3. The van der Waals surface area contributed by atoms with E-state index in [1.165, 1.54) is 38.6 Å². The molecule has 1 fully saturated rings. The Hall–Kier alpha value is -0.120. The van der Waals surface area contributed by atoms with Gasteiger partial charge in [0.15, 0.2) is 0 Å². The van der Waals surface area contributed by atoms with Gasteiger partial charge in [0.2, 0.25) is 0 Å². The number of nitrogens with one attached hydrogen (secondary N) is 1. The van der Waals surface area contributed by atoms with E-state index in [1.807, 2.05) is 0 Å². The summed E-state index contributed by atoms with van der Waals surface area (Å²) in [4.78, 5) is 2.54. The molecule has 17 heavy (non-hydrogen) atoms. The van der Waals surface area contributed by atoms with E-state index in [1.54, 1.807) is 0 Å². The number of unbranched alkanes of at least 4 members (excludes halogenated alkanes) is 2. The van der Waals surface area contributed by atoms with Gasteiger partial charge in [-0.05, 0) is 26.4 Å². The summed E-state index contributed by atoms with van der Waals surface area (Å²) in [6.07, 6.45) is 6.82. The molecule has 1 rings (SSSR count). The van der Waals surface area contributed by atoms with Crippen LogP contribution in [0.5, 0.6) is 0 Å². The van der Waals surface area contributed by atoms with E-state index in [-0.39, 0.29) is 0 Å². The van der Waals surface area contributed by atoms with Gasteiger partial charge in [0, 0.05) is 19.1 Å². The average Bonchev–Trinajstić information content (AvgIpc) is 2.35. The normalized spacial score (nSPS) is 23.8. The lowest BCUT2D eigenvalue weighted by molar-refractivity contribution is -0.0467. The quantitative estimate of drug-likeness (QED) is 0.661. The average molecular weight is 242 g/mol. The van der Waals surface area contributed by atoms with Crippen LogP contribution in [0.3, 0.4) is 0 Å². The lowest BCUT2D eigenvalue weighted by Crippen LogP contribution is -2.51. The van der Waals surface area contributed by atoms with Crippen molar-refractivity contribution in [1.82, 2.24) is 10.2 Å². The Kier molecular flexibility index (Phi) is 7.82. The molecule has 0 aromatic rings. The Morgan fingerprint density at radius 3 is 2.76 bits per heavy atom. The van der Waals surface area contributed by atoms with E-state index >= 15 is 0 Å². The van der Waals surface area contributed by atoms with Crippen LogP contribution in [0.4, 0.5) is 0 Å². The van der Waals surface area contributed by atoms with Crippen molar-refractivity contribution in [3.05, 3.63) is 0 Å². The summed E-state index contributed by atoms with van der Waals surface area (Å²) in [5.41, 5.74) is 0. The monoisotopic (exact) mass is 242 g/mol. The van der Waals surface area contributed by atoms with Crippen LogP contribution in [0, 0.1) is 0 Å². The zero-order chi connectivity index (χ0) is 12.5. The fraction of sp³-hybridized carbons (Fsp3) is 1.00. The minimum Gasteiger partial charge on any atom is -0.374 e. The molecule has 102 valence electrons. The van der Waals surface area contributed by atoms with Gasteiger partial charge in [0.25, 0.3) is 0 Å². The molecule has 2 unspecified atom stereocenters. The van der Waals surface area contributed by atoms with Crippen molar-refractivity contribution in [2.45, 2.75) is 58.1 Å². The molecule has 1 saturated heterocycles. The highest BCUT2D eigenvalue weighted by molar-refractivity contribution is 4.82. The fourth-order valence-corrected chi connectivity index (χ4v) is 2.62. The second kappa shape index (κ2) is 8.90. The number of hydrogen-bond donors (Lipinski definition) is 1. The molecular formula is C14H30N2O. The maximum atomic E-state index is 5.93. The molecule has 3 nitrogen and oxygen atoms in total. The molecule has 1 N–H and O–H groups in total. The van der Waals surface area contributed by atoms with Gasteiger partial charge in [-0.25, -0.2) is 0 Å². The molecule has 0 aromatic carbocycles. The Morgan fingerprint density at radius 1 is 1.29 bits per heavy atom. The van der Waals surface area contributed by atoms with E-state index in [0.29, 0.717) is 12.1 Å². The first-order valence-electron chi connectivity index (χ1n) is 7.33. The van der Waals surface area contributed by atoms with Gasteiger partial charge >= 0.3 is 0 Å². The summed E-state index contributed by atoms with van der Waals surface area (Å²) in [7, 11) is 2.07. The zero-order valence-electron chi connectivity index (χ0n) is 11.9. The Labute approximate surface area is 107 Å². The summed E-state index contributed by atoms with van der Waals surface area (Å²) in [6, 6.07) is 0.529. The van der Waals surface area contributed by atoms with Gasteiger partial charge < -0.3 is 10.1 Å². The van der Waals surface area contributed by atoms with Crippen LogP contribution in [0.2, 0.25) is 0 Å². The van der Waals surface area contributed by atoms with Gasteiger partial charge in [-0.2, -0.15) is 0 Å². The third-order valence-corrected chi connectivity index (χ3v) is 3.66. The molecule has 0 spiro atoms. The van der Waals surface area contributed by atoms with Crippen molar-refractivity contribution in [1.29, 1.82) is 0 Å². The lowest BCUT2D eigenvalue weighted by Gasteiger charge is -2.37. The van der Waals surface area contributed by atoms with Crippen LogP contribution in [0.25, 0.3) is 0 Å². The van der Waals surface area contributed by atoms with E-state index in [4.69, 9.17) is 4.74 Å². The minimum absolute atomic E-state index is 0.386. The molecule has 3 heteroatoms. The largest absolute Gasteiger partial charge is 0.374 e. The molecule has 0 radical (unpaired) electrons. The van der Waals surface area contributed by atoms with Crippen molar-refractivity contribution in [3.63, 3.8) is 0 Å². The number of nitrogens with zero attached hydrogens (tertiary/aromatic N) is 1. The van der Waals surface area contributed by atoms with Crippen molar-refractivity contribution in [3.8, 4) is 0 Å². The predicted molar refractivity (Wildman–Crippen MR) is 73.5 cm³/mol. The van der Waals surface area contributed by atoms with E-state index in [0.717, 1.165) is 19.7 Å². The second-order valence-corrected chi connectivity index (χ2v) is 5.10. The topological polar surface area (TPSA) is 24.5 Å². The first kappa shape index (κ1) is 14.9. The van der Waals surface area contributed by atoms with E-state index < -0.39 is 0 Å².